The Bertz CT molecular complexity index is 1520. The number of fused-ring (bicyclic) bond motifs is 1. The van der Waals surface area contributed by atoms with Crippen LogP contribution < -0.4 is 10.4 Å². The molecular formula is C23H21N3O6S. The molecular weight excluding hydrogens is 446 g/mol. The number of ether oxygens (including phenoxy) is 1. The first kappa shape index (κ1) is 22.4. The average Bonchev–Trinajstić information content (AvgIpc) is 3.18. The first-order valence-corrected chi connectivity index (χ1v) is 11.8. The van der Waals surface area contributed by atoms with Crippen LogP contribution in [0.25, 0.3) is 11.0 Å². The smallest absolute Gasteiger partial charge is 0.342 e. The average molecular weight is 468 g/mol. The van der Waals surface area contributed by atoms with Crippen LogP contribution in [0.2, 0.25) is 0 Å². The van der Waals surface area contributed by atoms with E-state index in [0.29, 0.717) is 16.5 Å². The summed E-state index contributed by atoms with van der Waals surface area (Å²) in [5.41, 5.74) is 2.75. The lowest BCUT2D eigenvalue weighted by molar-refractivity contribution is 0.414. The Kier molecular flexibility index (Phi) is 6.10. The molecule has 0 aliphatic rings. The number of hydrogen-bond donors (Lipinski definition) is 0. The van der Waals surface area contributed by atoms with Gasteiger partial charge in [-0.1, -0.05) is 17.2 Å². The maximum atomic E-state index is 12.8. The molecule has 0 bridgehead atoms. The van der Waals surface area contributed by atoms with E-state index in [4.69, 9.17) is 13.6 Å². The summed E-state index contributed by atoms with van der Waals surface area (Å²) in [5.74, 6) is -0.208. The fourth-order valence-electron chi connectivity index (χ4n) is 3.33. The van der Waals surface area contributed by atoms with Gasteiger partial charge in [0.2, 0.25) is 5.89 Å². The molecule has 170 valence electrons. The predicted molar refractivity (Wildman–Crippen MR) is 123 cm³/mol. The van der Waals surface area contributed by atoms with Gasteiger partial charge in [0, 0.05) is 17.7 Å². The maximum absolute atomic E-state index is 12.8. The van der Waals surface area contributed by atoms with E-state index < -0.39 is 21.2 Å². The third kappa shape index (κ3) is 5.35. The molecule has 0 aliphatic carbocycles. The first-order chi connectivity index (χ1) is 15.7. The molecule has 0 spiro atoms. The summed E-state index contributed by atoms with van der Waals surface area (Å²) in [5, 5.41) is 8.14. The van der Waals surface area contributed by atoms with E-state index >= 15 is 0 Å². The Labute approximate surface area is 189 Å². The number of aryl methyl sites for hydroxylation is 2. The molecule has 0 fully saturated rings. The molecule has 0 unspecified atom stereocenters. The molecule has 0 amide bonds. The van der Waals surface area contributed by atoms with Gasteiger partial charge in [-0.2, -0.15) is 0 Å². The number of rotatable bonds is 7. The normalized spacial score (nSPS) is 12.0. The highest BCUT2D eigenvalue weighted by molar-refractivity contribution is 7.89. The zero-order valence-electron chi connectivity index (χ0n) is 18.2. The van der Waals surface area contributed by atoms with Gasteiger partial charge < -0.3 is 13.6 Å². The lowest BCUT2D eigenvalue weighted by Gasteiger charge is -2.06. The second kappa shape index (κ2) is 8.99. The fraction of sp³-hybridized carbons (Fsp3) is 0.217. The third-order valence-electron chi connectivity index (χ3n) is 4.95. The van der Waals surface area contributed by atoms with Crippen molar-refractivity contribution >= 4 is 33.0 Å². The number of hydrogen-bond acceptors (Lipinski definition) is 9. The molecule has 2 aromatic heterocycles. The van der Waals surface area contributed by atoms with Gasteiger partial charge >= 0.3 is 11.6 Å². The molecule has 2 aromatic carbocycles. The second-order valence-corrected chi connectivity index (χ2v) is 9.65. The summed E-state index contributed by atoms with van der Waals surface area (Å²) in [6.07, 6.45) is 1.55. The minimum absolute atomic E-state index is 0.0586. The fourth-order valence-corrected chi connectivity index (χ4v) is 4.64. The monoisotopic (exact) mass is 467 g/mol. The lowest BCUT2D eigenvalue weighted by Crippen LogP contribution is -2.10. The van der Waals surface area contributed by atoms with Gasteiger partial charge in [-0.25, -0.2) is 18.2 Å². The van der Waals surface area contributed by atoms with Crippen molar-refractivity contribution in [1.82, 2.24) is 10.2 Å². The van der Waals surface area contributed by atoms with Crippen LogP contribution in [0.3, 0.4) is 0 Å². The topological polar surface area (TPSA) is 125 Å². The van der Waals surface area contributed by atoms with Crippen LogP contribution in [-0.4, -0.2) is 31.9 Å². The molecule has 10 heteroatoms. The molecule has 0 N–H and O–H groups in total. The number of aromatic nitrogens is 2. The van der Waals surface area contributed by atoms with Crippen molar-refractivity contribution < 1.29 is 22.0 Å². The van der Waals surface area contributed by atoms with Gasteiger partial charge in [0.15, 0.2) is 9.84 Å². The summed E-state index contributed by atoms with van der Waals surface area (Å²) < 4.78 is 41.3. The molecule has 33 heavy (non-hydrogen) atoms. The standard InChI is InChI=1S/C23H21N3O6S/c1-14-4-7-19-17(10-22(27)31-20(19)8-14)12-33(28,29)13-21-25-26-23(32-21)24-11-16-5-6-18(30-3)9-15(16)2/h4-11H,12-13H2,1-3H3/b24-11+. The van der Waals surface area contributed by atoms with Gasteiger partial charge in [-0.15, -0.1) is 5.10 Å². The Morgan fingerprint density at radius 1 is 1.03 bits per heavy atom. The van der Waals surface area contributed by atoms with Gasteiger partial charge in [0.25, 0.3) is 0 Å². The molecule has 0 aliphatic heterocycles. The highest BCUT2D eigenvalue weighted by Crippen LogP contribution is 2.22. The minimum atomic E-state index is -3.72. The molecule has 0 radical (unpaired) electrons. The van der Waals surface area contributed by atoms with Crippen molar-refractivity contribution in [2.45, 2.75) is 25.4 Å². The summed E-state index contributed by atoms with van der Waals surface area (Å²) >= 11 is 0. The highest BCUT2D eigenvalue weighted by atomic mass is 32.2. The van der Waals surface area contributed by atoms with Crippen LogP contribution in [-0.2, 0) is 21.3 Å². The summed E-state index contributed by atoms with van der Waals surface area (Å²) in [6, 6.07) is 11.9. The van der Waals surface area contributed by atoms with Crippen molar-refractivity contribution in [3.05, 3.63) is 81.0 Å². The van der Waals surface area contributed by atoms with E-state index in [2.05, 4.69) is 15.2 Å². The number of nitrogens with zero attached hydrogens (tertiary/aromatic N) is 3. The molecule has 9 nitrogen and oxygen atoms in total. The quantitative estimate of drug-likeness (QED) is 0.298. The van der Waals surface area contributed by atoms with Crippen LogP contribution in [0.15, 0.2) is 61.1 Å². The van der Waals surface area contributed by atoms with E-state index in [1.807, 2.05) is 32.0 Å². The lowest BCUT2D eigenvalue weighted by atomic mass is 10.1. The zero-order valence-corrected chi connectivity index (χ0v) is 19.0. The number of benzene rings is 2. The van der Waals surface area contributed by atoms with E-state index in [1.54, 1.807) is 31.5 Å². The van der Waals surface area contributed by atoms with E-state index in [1.165, 1.54) is 6.07 Å². The molecule has 4 rings (SSSR count). The molecule has 0 saturated carbocycles. The van der Waals surface area contributed by atoms with Crippen LogP contribution in [0.4, 0.5) is 6.01 Å². The largest absolute Gasteiger partial charge is 0.497 e. The van der Waals surface area contributed by atoms with Crippen molar-refractivity contribution in [3.8, 4) is 5.75 Å². The SMILES string of the molecule is COc1ccc(/C=N/c2nnc(CS(=O)(=O)Cc3cc(=O)oc4cc(C)ccc34)o2)c(C)c1. The van der Waals surface area contributed by atoms with Gasteiger partial charge in [0.05, 0.1) is 12.9 Å². The molecule has 0 saturated heterocycles. The van der Waals surface area contributed by atoms with Gasteiger partial charge in [-0.05, 0) is 60.4 Å². The van der Waals surface area contributed by atoms with E-state index in [0.717, 1.165) is 22.4 Å². The van der Waals surface area contributed by atoms with Crippen molar-refractivity contribution in [2.24, 2.45) is 4.99 Å². The summed E-state index contributed by atoms with van der Waals surface area (Å²) in [7, 11) is -2.13. The third-order valence-corrected chi connectivity index (χ3v) is 6.39. The van der Waals surface area contributed by atoms with Crippen LogP contribution >= 0.6 is 0 Å². The van der Waals surface area contributed by atoms with Gasteiger partial charge in [0.1, 0.15) is 17.1 Å². The number of methoxy groups -OCH3 is 1. The first-order valence-electron chi connectivity index (χ1n) is 9.97. The number of aliphatic imine (C=N–C) groups is 1. The van der Waals surface area contributed by atoms with Crippen LogP contribution in [0, 0.1) is 13.8 Å². The van der Waals surface area contributed by atoms with Crippen molar-refractivity contribution in [2.75, 3.05) is 7.11 Å². The number of sulfone groups is 1. The maximum Gasteiger partial charge on any atom is 0.342 e. The Hall–Kier alpha value is -3.79. The van der Waals surface area contributed by atoms with Gasteiger partial charge in [-0.3, -0.25) is 0 Å². The summed E-state index contributed by atoms with van der Waals surface area (Å²) in [4.78, 5) is 16.0. The van der Waals surface area contributed by atoms with Crippen LogP contribution in [0.1, 0.15) is 28.1 Å². The Morgan fingerprint density at radius 3 is 2.61 bits per heavy atom. The van der Waals surface area contributed by atoms with E-state index in [9.17, 15) is 13.2 Å². The summed E-state index contributed by atoms with van der Waals surface area (Å²) in [6.45, 7) is 3.76. The minimum Gasteiger partial charge on any atom is -0.497 e. The highest BCUT2D eigenvalue weighted by Gasteiger charge is 2.20. The Morgan fingerprint density at radius 2 is 1.85 bits per heavy atom. The molecule has 4 aromatic rings. The van der Waals surface area contributed by atoms with Crippen LogP contribution in [0.5, 0.6) is 5.75 Å². The zero-order chi connectivity index (χ0) is 23.6. The molecule has 0 atom stereocenters. The Balaban J connectivity index is 1.51. The second-order valence-electron chi connectivity index (χ2n) is 7.58. The van der Waals surface area contributed by atoms with E-state index in [-0.39, 0.29) is 17.7 Å². The molecule has 2 heterocycles. The van der Waals surface area contributed by atoms with Crippen molar-refractivity contribution in [3.63, 3.8) is 0 Å². The predicted octanol–water partition coefficient (Wildman–Crippen LogP) is 3.67. The van der Waals surface area contributed by atoms with Crippen molar-refractivity contribution in [1.29, 1.82) is 0 Å².